The molecule has 0 aromatic carbocycles. The maximum atomic E-state index is 11.8. The lowest BCUT2D eigenvalue weighted by Crippen LogP contribution is -2.30. The molecular formula is C11H15BrN4O2. The molecule has 6 nitrogen and oxygen atoms in total. The van der Waals surface area contributed by atoms with E-state index in [0.717, 1.165) is 0 Å². The summed E-state index contributed by atoms with van der Waals surface area (Å²) in [5, 5.41) is 6.83. The average molecular weight is 315 g/mol. The minimum atomic E-state index is -0.266. The molecule has 7 heteroatoms. The van der Waals surface area contributed by atoms with Gasteiger partial charge in [0.15, 0.2) is 0 Å². The molecule has 0 fully saturated rings. The summed E-state index contributed by atoms with van der Waals surface area (Å²) in [4.78, 5) is 24.7. The van der Waals surface area contributed by atoms with Gasteiger partial charge in [-0.1, -0.05) is 6.08 Å². The number of likely N-dealkylation sites (N-methyl/N-ethyl adjacent to an activating group) is 1. The van der Waals surface area contributed by atoms with Crippen LogP contribution in [0.15, 0.2) is 28.1 Å². The molecule has 0 saturated carbocycles. The van der Waals surface area contributed by atoms with Crippen LogP contribution in [0.1, 0.15) is 0 Å². The number of rotatable bonds is 5. The molecule has 0 aliphatic carbocycles. The maximum absolute atomic E-state index is 11.8. The molecule has 18 heavy (non-hydrogen) atoms. The van der Waals surface area contributed by atoms with Crippen molar-refractivity contribution in [2.75, 3.05) is 26.0 Å². The summed E-state index contributed by atoms with van der Waals surface area (Å²) >= 11 is 3.19. The SMILES string of the molecule is C=CCn1ncc(NCC(=O)N(C)C)c(Br)c1=O. The number of allylic oxidation sites excluding steroid dienone is 1. The Morgan fingerprint density at radius 1 is 1.67 bits per heavy atom. The highest BCUT2D eigenvalue weighted by atomic mass is 79.9. The largest absolute Gasteiger partial charge is 0.374 e. The maximum Gasteiger partial charge on any atom is 0.283 e. The van der Waals surface area contributed by atoms with Crippen molar-refractivity contribution in [1.29, 1.82) is 0 Å². The molecule has 0 saturated heterocycles. The molecule has 0 atom stereocenters. The fourth-order valence-corrected chi connectivity index (χ4v) is 1.62. The van der Waals surface area contributed by atoms with Crippen LogP contribution in [-0.4, -0.2) is 41.2 Å². The number of nitrogens with zero attached hydrogens (tertiary/aromatic N) is 3. The molecule has 1 rings (SSSR count). The highest BCUT2D eigenvalue weighted by molar-refractivity contribution is 9.10. The smallest absolute Gasteiger partial charge is 0.283 e. The number of carbonyl (C=O) groups excluding carboxylic acids is 1. The molecule has 1 amide bonds. The summed E-state index contributed by atoms with van der Waals surface area (Å²) < 4.78 is 1.63. The first-order valence-corrected chi connectivity index (χ1v) is 6.07. The molecule has 1 aromatic heterocycles. The second kappa shape index (κ2) is 6.34. The van der Waals surface area contributed by atoms with E-state index in [9.17, 15) is 9.59 Å². The fraction of sp³-hybridized carbons (Fsp3) is 0.364. The molecule has 0 aliphatic heterocycles. The van der Waals surface area contributed by atoms with Crippen molar-refractivity contribution in [1.82, 2.24) is 14.7 Å². The Morgan fingerprint density at radius 3 is 2.89 bits per heavy atom. The van der Waals surface area contributed by atoms with Crippen molar-refractivity contribution in [2.45, 2.75) is 6.54 Å². The van der Waals surface area contributed by atoms with Crippen LogP contribution in [-0.2, 0) is 11.3 Å². The molecule has 0 radical (unpaired) electrons. The standard InChI is InChI=1S/C11H15BrN4O2/c1-4-5-16-11(18)10(12)8(6-14-16)13-7-9(17)15(2)3/h4,6,13H,1,5,7H2,2-3H3. The molecule has 0 bridgehead atoms. The summed E-state index contributed by atoms with van der Waals surface area (Å²) in [5.74, 6) is -0.0860. The molecule has 0 spiro atoms. The summed E-state index contributed by atoms with van der Waals surface area (Å²) in [6, 6.07) is 0. The van der Waals surface area contributed by atoms with Gasteiger partial charge in [0.2, 0.25) is 5.91 Å². The zero-order valence-corrected chi connectivity index (χ0v) is 11.9. The number of carbonyl (C=O) groups is 1. The van der Waals surface area contributed by atoms with Crippen LogP contribution in [0.4, 0.5) is 5.69 Å². The highest BCUT2D eigenvalue weighted by Crippen LogP contribution is 2.15. The van der Waals surface area contributed by atoms with Crippen LogP contribution in [0, 0.1) is 0 Å². The van der Waals surface area contributed by atoms with E-state index in [-0.39, 0.29) is 18.0 Å². The van der Waals surface area contributed by atoms with Crippen molar-refractivity contribution in [3.05, 3.63) is 33.7 Å². The zero-order valence-electron chi connectivity index (χ0n) is 10.3. The van der Waals surface area contributed by atoms with E-state index in [0.29, 0.717) is 16.7 Å². The van der Waals surface area contributed by atoms with Crippen molar-refractivity contribution >= 4 is 27.5 Å². The van der Waals surface area contributed by atoms with Gasteiger partial charge in [0.1, 0.15) is 4.47 Å². The number of hydrogen-bond acceptors (Lipinski definition) is 4. The zero-order chi connectivity index (χ0) is 13.7. The van der Waals surface area contributed by atoms with Gasteiger partial charge in [0, 0.05) is 14.1 Å². The van der Waals surface area contributed by atoms with Crippen LogP contribution >= 0.6 is 15.9 Å². The minimum Gasteiger partial charge on any atom is -0.374 e. The number of halogens is 1. The fourth-order valence-electron chi connectivity index (χ4n) is 1.17. The van der Waals surface area contributed by atoms with Gasteiger partial charge in [-0.2, -0.15) is 5.10 Å². The first-order valence-electron chi connectivity index (χ1n) is 5.28. The number of anilines is 1. The number of nitrogens with one attached hydrogen (secondary N) is 1. The molecule has 98 valence electrons. The summed E-state index contributed by atoms with van der Waals surface area (Å²) in [6.45, 7) is 4.00. The predicted octanol–water partition coefficient (Wildman–Crippen LogP) is 0.692. The minimum absolute atomic E-state index is 0.0860. The van der Waals surface area contributed by atoms with E-state index in [4.69, 9.17) is 0 Å². The van der Waals surface area contributed by atoms with Crippen LogP contribution in [0.25, 0.3) is 0 Å². The van der Waals surface area contributed by atoms with Crippen LogP contribution in [0.5, 0.6) is 0 Å². The predicted molar refractivity (Wildman–Crippen MR) is 73.6 cm³/mol. The van der Waals surface area contributed by atoms with Gasteiger partial charge in [-0.15, -0.1) is 6.58 Å². The second-order valence-electron chi connectivity index (χ2n) is 3.79. The van der Waals surface area contributed by atoms with E-state index in [1.807, 2.05) is 0 Å². The molecule has 1 aromatic rings. The monoisotopic (exact) mass is 314 g/mol. The van der Waals surface area contributed by atoms with E-state index < -0.39 is 0 Å². The third kappa shape index (κ3) is 3.43. The molecule has 1 heterocycles. The quantitative estimate of drug-likeness (QED) is 0.812. The van der Waals surface area contributed by atoms with Crippen molar-refractivity contribution in [2.24, 2.45) is 0 Å². The van der Waals surface area contributed by atoms with Crippen LogP contribution < -0.4 is 10.9 Å². The number of aromatic nitrogens is 2. The van der Waals surface area contributed by atoms with Crippen LogP contribution in [0.3, 0.4) is 0 Å². The third-order valence-corrected chi connectivity index (χ3v) is 2.98. The van der Waals surface area contributed by atoms with E-state index >= 15 is 0 Å². The van der Waals surface area contributed by atoms with Gasteiger partial charge in [0.25, 0.3) is 5.56 Å². The van der Waals surface area contributed by atoms with Gasteiger partial charge in [0.05, 0.1) is 25.0 Å². The topological polar surface area (TPSA) is 67.2 Å². The van der Waals surface area contributed by atoms with E-state index in [1.54, 1.807) is 20.2 Å². The van der Waals surface area contributed by atoms with Crippen LogP contribution in [0.2, 0.25) is 0 Å². The highest BCUT2D eigenvalue weighted by Gasteiger charge is 2.10. The van der Waals surface area contributed by atoms with Gasteiger partial charge in [-0.25, -0.2) is 4.68 Å². The Morgan fingerprint density at radius 2 is 2.33 bits per heavy atom. The Hall–Kier alpha value is -1.63. The van der Waals surface area contributed by atoms with Crippen molar-refractivity contribution < 1.29 is 4.79 Å². The van der Waals surface area contributed by atoms with E-state index in [1.165, 1.54) is 15.8 Å². The normalized spacial score (nSPS) is 9.94. The van der Waals surface area contributed by atoms with Gasteiger partial charge >= 0.3 is 0 Å². The van der Waals surface area contributed by atoms with Crippen molar-refractivity contribution in [3.63, 3.8) is 0 Å². The Kier molecular flexibility index (Phi) is 5.08. The first kappa shape index (κ1) is 14.4. The Balaban J connectivity index is 2.86. The van der Waals surface area contributed by atoms with Gasteiger partial charge < -0.3 is 10.2 Å². The second-order valence-corrected chi connectivity index (χ2v) is 4.58. The molecule has 0 aliphatic rings. The summed E-state index contributed by atoms with van der Waals surface area (Å²) in [5.41, 5.74) is 0.229. The Labute approximate surface area is 113 Å². The molecule has 1 N–H and O–H groups in total. The summed E-state index contributed by atoms with van der Waals surface area (Å²) in [6.07, 6.45) is 3.08. The Bertz CT molecular complexity index is 510. The van der Waals surface area contributed by atoms with Gasteiger partial charge in [-0.3, -0.25) is 9.59 Å². The lowest BCUT2D eigenvalue weighted by Gasteiger charge is -2.12. The summed E-state index contributed by atoms with van der Waals surface area (Å²) in [7, 11) is 3.33. The molecule has 0 unspecified atom stereocenters. The lowest BCUT2D eigenvalue weighted by atomic mass is 10.4. The third-order valence-electron chi connectivity index (χ3n) is 2.22. The number of amides is 1. The van der Waals surface area contributed by atoms with Crippen molar-refractivity contribution in [3.8, 4) is 0 Å². The average Bonchev–Trinajstić information content (AvgIpc) is 2.33. The molecular weight excluding hydrogens is 300 g/mol. The first-order chi connectivity index (χ1) is 8.47. The van der Waals surface area contributed by atoms with Gasteiger partial charge in [-0.05, 0) is 15.9 Å². The van der Waals surface area contributed by atoms with E-state index in [2.05, 4.69) is 32.9 Å². The number of hydrogen-bond donors (Lipinski definition) is 1. The lowest BCUT2D eigenvalue weighted by molar-refractivity contribution is -0.126.